The third kappa shape index (κ3) is 1.96. The Kier molecular flexibility index (Phi) is 2.29. The second kappa shape index (κ2) is 3.46. The highest BCUT2D eigenvalue weighted by molar-refractivity contribution is 6.29. The number of carbonyl (C=O) groups is 1. The Hall–Kier alpha value is -1.29. The predicted octanol–water partition coefficient (Wildman–Crippen LogP) is 1.97. The first-order valence-corrected chi connectivity index (χ1v) is 4.60. The zero-order chi connectivity index (χ0) is 10.1. The van der Waals surface area contributed by atoms with Crippen molar-refractivity contribution in [1.82, 2.24) is 4.98 Å². The van der Waals surface area contributed by atoms with Gasteiger partial charge in [-0.15, -0.1) is 0 Å². The number of hydrogen-bond donors (Lipinski definition) is 1. The van der Waals surface area contributed by atoms with Crippen LogP contribution < -0.4 is 4.74 Å². The second-order valence-electron chi connectivity index (χ2n) is 3.13. The van der Waals surface area contributed by atoms with Gasteiger partial charge in [0.2, 0.25) is 0 Å². The minimum absolute atomic E-state index is 0.0568. The molecule has 5 heteroatoms. The van der Waals surface area contributed by atoms with Crippen LogP contribution in [0.2, 0.25) is 5.15 Å². The quantitative estimate of drug-likeness (QED) is 0.780. The molecule has 1 aromatic heterocycles. The number of carboxylic acids is 1. The highest BCUT2D eigenvalue weighted by Crippen LogP contribution is 2.30. The molecule has 0 amide bonds. The molecule has 4 nitrogen and oxygen atoms in total. The van der Waals surface area contributed by atoms with E-state index in [-0.39, 0.29) is 16.8 Å². The van der Waals surface area contributed by atoms with Crippen molar-refractivity contribution < 1.29 is 14.6 Å². The minimum Gasteiger partial charge on any atom is -0.489 e. The van der Waals surface area contributed by atoms with E-state index in [1.54, 1.807) is 0 Å². The van der Waals surface area contributed by atoms with Crippen LogP contribution in [-0.2, 0) is 0 Å². The summed E-state index contributed by atoms with van der Waals surface area (Å²) >= 11 is 5.64. The van der Waals surface area contributed by atoms with Crippen LogP contribution in [0, 0.1) is 0 Å². The molecule has 2 rings (SSSR count). The van der Waals surface area contributed by atoms with Crippen LogP contribution in [0.1, 0.15) is 23.2 Å². The van der Waals surface area contributed by atoms with Crippen molar-refractivity contribution in [1.29, 1.82) is 0 Å². The number of hydrogen-bond acceptors (Lipinski definition) is 3. The van der Waals surface area contributed by atoms with E-state index in [1.165, 1.54) is 12.3 Å². The highest BCUT2D eigenvalue weighted by Gasteiger charge is 2.26. The Labute approximate surface area is 85.5 Å². The van der Waals surface area contributed by atoms with Crippen LogP contribution in [-0.4, -0.2) is 22.2 Å². The summed E-state index contributed by atoms with van der Waals surface area (Å²) in [5.41, 5.74) is 0.0568. The summed E-state index contributed by atoms with van der Waals surface area (Å²) < 4.78 is 5.39. The summed E-state index contributed by atoms with van der Waals surface area (Å²) in [6, 6.07) is 1.43. The number of aromatic nitrogens is 1. The Morgan fingerprint density at radius 1 is 1.64 bits per heavy atom. The molecule has 1 N–H and O–H groups in total. The molecule has 0 radical (unpaired) electrons. The van der Waals surface area contributed by atoms with Crippen molar-refractivity contribution in [2.24, 2.45) is 0 Å². The molecule has 0 bridgehead atoms. The van der Waals surface area contributed by atoms with Gasteiger partial charge in [-0.3, -0.25) is 0 Å². The Morgan fingerprint density at radius 2 is 2.36 bits per heavy atom. The van der Waals surface area contributed by atoms with Crippen LogP contribution in [0.5, 0.6) is 5.75 Å². The maximum atomic E-state index is 10.8. The predicted molar refractivity (Wildman–Crippen MR) is 49.9 cm³/mol. The second-order valence-corrected chi connectivity index (χ2v) is 3.51. The maximum Gasteiger partial charge on any atom is 0.341 e. The lowest BCUT2D eigenvalue weighted by Gasteiger charge is -2.07. The number of rotatable bonds is 3. The molecular weight excluding hydrogens is 206 g/mol. The van der Waals surface area contributed by atoms with Gasteiger partial charge in [-0.25, -0.2) is 9.78 Å². The number of ether oxygens (including phenoxy) is 1. The molecule has 0 atom stereocenters. The molecule has 1 aliphatic carbocycles. The molecule has 0 unspecified atom stereocenters. The summed E-state index contributed by atoms with van der Waals surface area (Å²) in [5, 5.41) is 9.07. The van der Waals surface area contributed by atoms with E-state index in [1.807, 2.05) is 0 Å². The van der Waals surface area contributed by atoms with Crippen molar-refractivity contribution in [3.63, 3.8) is 0 Å². The van der Waals surface area contributed by atoms with Gasteiger partial charge in [0.15, 0.2) is 0 Å². The third-order valence-electron chi connectivity index (χ3n) is 1.88. The zero-order valence-corrected chi connectivity index (χ0v) is 7.99. The van der Waals surface area contributed by atoms with Crippen LogP contribution in [0.15, 0.2) is 12.3 Å². The fourth-order valence-corrected chi connectivity index (χ4v) is 1.18. The third-order valence-corrected chi connectivity index (χ3v) is 2.09. The monoisotopic (exact) mass is 213 g/mol. The van der Waals surface area contributed by atoms with E-state index in [0.717, 1.165) is 12.8 Å². The summed E-state index contributed by atoms with van der Waals surface area (Å²) in [7, 11) is 0. The summed E-state index contributed by atoms with van der Waals surface area (Å²) in [4.78, 5) is 14.5. The van der Waals surface area contributed by atoms with Crippen molar-refractivity contribution >= 4 is 17.6 Å². The van der Waals surface area contributed by atoms with Crippen molar-refractivity contribution in [2.75, 3.05) is 0 Å². The zero-order valence-electron chi connectivity index (χ0n) is 7.24. The first-order valence-electron chi connectivity index (χ1n) is 4.22. The van der Waals surface area contributed by atoms with E-state index >= 15 is 0 Å². The minimum atomic E-state index is -1.05. The fourth-order valence-electron chi connectivity index (χ4n) is 1.04. The molecule has 74 valence electrons. The molecule has 0 spiro atoms. The fraction of sp³-hybridized carbons (Fsp3) is 0.333. The lowest BCUT2D eigenvalue weighted by Crippen LogP contribution is -2.05. The molecule has 1 aromatic rings. The molecular formula is C9H8ClNO3. The van der Waals surface area contributed by atoms with E-state index in [4.69, 9.17) is 21.4 Å². The first-order chi connectivity index (χ1) is 6.66. The smallest absolute Gasteiger partial charge is 0.341 e. The van der Waals surface area contributed by atoms with E-state index < -0.39 is 5.97 Å². The lowest BCUT2D eigenvalue weighted by atomic mass is 10.2. The Bertz CT molecular complexity index is 376. The van der Waals surface area contributed by atoms with Gasteiger partial charge >= 0.3 is 5.97 Å². The lowest BCUT2D eigenvalue weighted by molar-refractivity contribution is 0.0691. The van der Waals surface area contributed by atoms with Gasteiger partial charge in [-0.2, -0.15) is 0 Å². The molecule has 0 saturated heterocycles. The maximum absolute atomic E-state index is 10.8. The average molecular weight is 214 g/mol. The van der Waals surface area contributed by atoms with Gasteiger partial charge in [0.25, 0.3) is 0 Å². The van der Waals surface area contributed by atoms with Crippen molar-refractivity contribution in [2.45, 2.75) is 18.9 Å². The topological polar surface area (TPSA) is 59.4 Å². The van der Waals surface area contributed by atoms with Gasteiger partial charge in [-0.05, 0) is 12.8 Å². The van der Waals surface area contributed by atoms with Crippen LogP contribution in [0.25, 0.3) is 0 Å². The van der Waals surface area contributed by atoms with Crippen LogP contribution >= 0.6 is 11.6 Å². The van der Waals surface area contributed by atoms with Gasteiger partial charge < -0.3 is 9.84 Å². The molecule has 1 heterocycles. The van der Waals surface area contributed by atoms with E-state index in [9.17, 15) is 4.79 Å². The van der Waals surface area contributed by atoms with Crippen LogP contribution in [0.4, 0.5) is 0 Å². The van der Waals surface area contributed by atoms with E-state index in [2.05, 4.69) is 4.98 Å². The summed E-state index contributed by atoms with van der Waals surface area (Å²) in [6.45, 7) is 0. The van der Waals surface area contributed by atoms with Gasteiger partial charge in [0.1, 0.15) is 16.5 Å². The SMILES string of the molecule is O=C(O)c1cnc(Cl)cc1OC1CC1. The van der Waals surface area contributed by atoms with Gasteiger partial charge in [0, 0.05) is 12.3 Å². The molecule has 1 saturated carbocycles. The summed E-state index contributed by atoms with van der Waals surface area (Å²) in [5.74, 6) is -0.746. The molecule has 14 heavy (non-hydrogen) atoms. The average Bonchev–Trinajstić information content (AvgIpc) is 2.87. The van der Waals surface area contributed by atoms with Crippen molar-refractivity contribution in [3.8, 4) is 5.75 Å². The van der Waals surface area contributed by atoms with Gasteiger partial charge in [0.05, 0.1) is 6.10 Å². The van der Waals surface area contributed by atoms with Crippen LogP contribution in [0.3, 0.4) is 0 Å². The first kappa shape index (κ1) is 9.27. The number of nitrogens with zero attached hydrogens (tertiary/aromatic N) is 1. The number of pyridine rings is 1. The molecule has 0 aromatic carbocycles. The molecule has 1 aliphatic rings. The van der Waals surface area contributed by atoms with Crippen molar-refractivity contribution in [3.05, 3.63) is 23.0 Å². The normalized spacial score (nSPS) is 15.2. The number of carboxylic acid groups (broad SMARTS) is 1. The largest absolute Gasteiger partial charge is 0.489 e. The number of aromatic carboxylic acids is 1. The summed E-state index contributed by atoms with van der Waals surface area (Å²) in [6.07, 6.45) is 3.30. The number of halogens is 1. The molecule has 0 aliphatic heterocycles. The van der Waals surface area contributed by atoms with E-state index in [0.29, 0.717) is 5.75 Å². The molecule has 1 fully saturated rings. The Balaban J connectivity index is 2.31. The van der Waals surface area contributed by atoms with Gasteiger partial charge in [-0.1, -0.05) is 11.6 Å². The Morgan fingerprint density at radius 3 is 2.93 bits per heavy atom. The highest BCUT2D eigenvalue weighted by atomic mass is 35.5. The standard InChI is InChI=1S/C9H8ClNO3/c10-8-3-7(14-5-1-2-5)6(4-11-8)9(12)13/h3-5H,1-2H2,(H,12,13).